The molecule has 18 heavy (non-hydrogen) atoms. The molecule has 0 radical (unpaired) electrons. The second kappa shape index (κ2) is 5.87. The molecule has 1 aromatic rings. The minimum absolute atomic E-state index is 0.358. The number of amides is 2. The first-order chi connectivity index (χ1) is 8.41. The lowest BCUT2D eigenvalue weighted by molar-refractivity contribution is -0.141. The average Bonchev–Trinajstić information content (AvgIpc) is 2.28. The normalized spacial score (nSPS) is 13.4. The van der Waals surface area contributed by atoms with Crippen molar-refractivity contribution in [1.82, 2.24) is 5.32 Å². The molecule has 0 fully saturated rings. The fourth-order valence-corrected chi connectivity index (χ4v) is 1.30. The summed E-state index contributed by atoms with van der Waals surface area (Å²) in [4.78, 5) is 22.3. The fraction of sp³-hybridized carbons (Fsp3) is 0.273. The smallest absolute Gasteiger partial charge is 0.328 e. The molecule has 0 aromatic heterocycles. The Morgan fingerprint density at radius 3 is 2.44 bits per heavy atom. The third-order valence-corrected chi connectivity index (χ3v) is 2.24. The van der Waals surface area contributed by atoms with Crippen LogP contribution in [0.5, 0.6) is 0 Å². The molecule has 0 saturated heterocycles. The molecular weight excluding hydrogens is 238 g/mol. The second-order valence-electron chi connectivity index (χ2n) is 3.74. The molecule has 2 atom stereocenters. The Kier molecular flexibility index (Phi) is 4.50. The lowest BCUT2D eigenvalue weighted by Gasteiger charge is -2.17. The second-order valence-corrected chi connectivity index (χ2v) is 3.74. The van der Waals surface area contributed by atoms with Crippen molar-refractivity contribution in [1.29, 1.82) is 0 Å². The van der Waals surface area contributed by atoms with Crippen molar-refractivity contribution in [2.75, 3.05) is 11.1 Å². The summed E-state index contributed by atoms with van der Waals surface area (Å²) < 4.78 is 0. The van der Waals surface area contributed by atoms with Crippen LogP contribution in [0.4, 0.5) is 16.2 Å². The number of nitrogen functional groups attached to an aromatic ring is 1. The summed E-state index contributed by atoms with van der Waals surface area (Å²) in [6.45, 7) is 1.27. The summed E-state index contributed by atoms with van der Waals surface area (Å²) in [5.41, 5.74) is 6.33. The van der Waals surface area contributed by atoms with Crippen molar-refractivity contribution in [2.45, 2.75) is 19.1 Å². The van der Waals surface area contributed by atoms with Crippen LogP contribution in [0, 0.1) is 0 Å². The maximum Gasteiger partial charge on any atom is 0.328 e. The van der Waals surface area contributed by atoms with Gasteiger partial charge in [0.2, 0.25) is 0 Å². The Balaban J connectivity index is 2.67. The molecule has 7 heteroatoms. The number of carbonyl (C=O) groups excluding carboxylic acids is 1. The third-order valence-electron chi connectivity index (χ3n) is 2.24. The standard InChI is InChI=1S/C11H15N3O4/c1-6(15)9(10(16)17)14-11(18)13-8-5-3-2-4-7(8)12/h2-6,9,15H,12H2,1H3,(H,16,17)(H2,13,14,18). The van der Waals surface area contributed by atoms with E-state index < -0.39 is 24.1 Å². The third kappa shape index (κ3) is 3.63. The van der Waals surface area contributed by atoms with Crippen LogP contribution in [-0.4, -0.2) is 34.4 Å². The van der Waals surface area contributed by atoms with Gasteiger partial charge in [-0.3, -0.25) is 0 Å². The molecule has 0 spiro atoms. The van der Waals surface area contributed by atoms with Crippen LogP contribution in [0.2, 0.25) is 0 Å². The van der Waals surface area contributed by atoms with Crippen molar-refractivity contribution in [2.24, 2.45) is 0 Å². The van der Waals surface area contributed by atoms with E-state index in [4.69, 9.17) is 10.8 Å². The number of aliphatic hydroxyl groups excluding tert-OH is 1. The number of nitrogens with one attached hydrogen (secondary N) is 2. The minimum Gasteiger partial charge on any atom is -0.480 e. The first kappa shape index (κ1) is 13.8. The minimum atomic E-state index is -1.38. The molecule has 1 rings (SSSR count). The van der Waals surface area contributed by atoms with Crippen molar-refractivity contribution >= 4 is 23.4 Å². The van der Waals surface area contributed by atoms with E-state index in [1.807, 2.05) is 0 Å². The van der Waals surface area contributed by atoms with E-state index >= 15 is 0 Å². The number of benzene rings is 1. The van der Waals surface area contributed by atoms with Gasteiger partial charge in [-0.1, -0.05) is 12.1 Å². The molecule has 6 N–H and O–H groups in total. The van der Waals surface area contributed by atoms with Crippen LogP contribution >= 0.6 is 0 Å². The summed E-state index contributed by atoms with van der Waals surface area (Å²) in [6.07, 6.45) is -1.21. The van der Waals surface area contributed by atoms with Gasteiger partial charge in [0.25, 0.3) is 0 Å². The van der Waals surface area contributed by atoms with Gasteiger partial charge in [-0.15, -0.1) is 0 Å². The van der Waals surface area contributed by atoms with E-state index in [0.717, 1.165) is 0 Å². The monoisotopic (exact) mass is 253 g/mol. The summed E-state index contributed by atoms with van der Waals surface area (Å²) >= 11 is 0. The molecule has 2 amide bonds. The van der Waals surface area contributed by atoms with Gasteiger partial charge < -0.3 is 26.6 Å². The number of carboxylic acids is 1. The van der Waals surface area contributed by atoms with E-state index in [0.29, 0.717) is 11.4 Å². The van der Waals surface area contributed by atoms with Crippen molar-refractivity contribution in [3.05, 3.63) is 24.3 Å². The van der Waals surface area contributed by atoms with Gasteiger partial charge in [0.15, 0.2) is 6.04 Å². The van der Waals surface area contributed by atoms with E-state index in [1.165, 1.54) is 6.92 Å². The van der Waals surface area contributed by atoms with E-state index in [-0.39, 0.29) is 0 Å². The molecule has 7 nitrogen and oxygen atoms in total. The summed E-state index contributed by atoms with van der Waals surface area (Å²) in [7, 11) is 0. The zero-order valence-corrected chi connectivity index (χ0v) is 9.75. The van der Waals surface area contributed by atoms with Gasteiger partial charge in [0, 0.05) is 0 Å². The lowest BCUT2D eigenvalue weighted by Crippen LogP contribution is -2.49. The molecule has 0 saturated carbocycles. The first-order valence-electron chi connectivity index (χ1n) is 5.24. The highest BCUT2D eigenvalue weighted by Gasteiger charge is 2.24. The Bertz CT molecular complexity index is 448. The maximum absolute atomic E-state index is 11.5. The molecular formula is C11H15N3O4. The predicted molar refractivity (Wildman–Crippen MR) is 66.1 cm³/mol. The van der Waals surface area contributed by atoms with Crippen LogP contribution < -0.4 is 16.4 Å². The molecule has 0 heterocycles. The Hall–Kier alpha value is -2.28. The Labute approximate surface area is 104 Å². The first-order valence-corrected chi connectivity index (χ1v) is 5.24. The largest absolute Gasteiger partial charge is 0.480 e. The summed E-state index contributed by atoms with van der Waals surface area (Å²) in [5.74, 6) is -1.32. The van der Waals surface area contributed by atoms with Gasteiger partial charge in [-0.05, 0) is 19.1 Å². The van der Waals surface area contributed by atoms with Crippen LogP contribution in [0.3, 0.4) is 0 Å². The maximum atomic E-state index is 11.5. The number of hydrogen-bond acceptors (Lipinski definition) is 4. The predicted octanol–water partition coefficient (Wildman–Crippen LogP) is 0.224. The van der Waals surface area contributed by atoms with Crippen LogP contribution in [0.25, 0.3) is 0 Å². The van der Waals surface area contributed by atoms with Crippen molar-refractivity contribution < 1.29 is 19.8 Å². The number of anilines is 2. The zero-order valence-electron chi connectivity index (χ0n) is 9.75. The Morgan fingerprint density at radius 1 is 1.33 bits per heavy atom. The van der Waals surface area contributed by atoms with E-state index in [2.05, 4.69) is 10.6 Å². The number of rotatable bonds is 4. The van der Waals surface area contributed by atoms with Gasteiger partial charge in [-0.25, -0.2) is 9.59 Å². The van der Waals surface area contributed by atoms with Crippen LogP contribution in [0.15, 0.2) is 24.3 Å². The number of carboxylic acid groups (broad SMARTS) is 1. The number of carbonyl (C=O) groups is 2. The van der Waals surface area contributed by atoms with Crippen LogP contribution in [0.1, 0.15) is 6.92 Å². The Morgan fingerprint density at radius 2 is 1.94 bits per heavy atom. The number of para-hydroxylation sites is 2. The van der Waals surface area contributed by atoms with Crippen molar-refractivity contribution in [3.63, 3.8) is 0 Å². The van der Waals surface area contributed by atoms with E-state index in [1.54, 1.807) is 24.3 Å². The average molecular weight is 253 g/mol. The van der Waals surface area contributed by atoms with Crippen molar-refractivity contribution in [3.8, 4) is 0 Å². The highest BCUT2D eigenvalue weighted by Crippen LogP contribution is 2.16. The van der Waals surface area contributed by atoms with Gasteiger partial charge in [-0.2, -0.15) is 0 Å². The topological polar surface area (TPSA) is 125 Å². The quantitative estimate of drug-likeness (QED) is 0.491. The van der Waals surface area contributed by atoms with Crippen LogP contribution in [-0.2, 0) is 4.79 Å². The molecule has 0 aliphatic carbocycles. The number of hydrogen-bond donors (Lipinski definition) is 5. The fourth-order valence-electron chi connectivity index (χ4n) is 1.30. The molecule has 1 aromatic carbocycles. The summed E-state index contributed by atoms with van der Waals surface area (Å²) in [6, 6.07) is 4.42. The number of nitrogens with two attached hydrogens (primary N) is 1. The molecule has 98 valence electrons. The van der Waals surface area contributed by atoms with E-state index in [9.17, 15) is 14.7 Å². The molecule has 2 unspecified atom stereocenters. The molecule has 0 aliphatic heterocycles. The highest BCUT2D eigenvalue weighted by atomic mass is 16.4. The summed E-state index contributed by atoms with van der Waals surface area (Å²) in [5, 5.41) is 22.5. The highest BCUT2D eigenvalue weighted by molar-refractivity contribution is 5.94. The SMILES string of the molecule is CC(O)C(NC(=O)Nc1ccccc1N)C(=O)O. The van der Waals surface area contributed by atoms with Gasteiger partial charge in [0.05, 0.1) is 17.5 Å². The number of urea groups is 1. The lowest BCUT2D eigenvalue weighted by atomic mass is 10.2. The van der Waals surface area contributed by atoms with Gasteiger partial charge >= 0.3 is 12.0 Å². The molecule has 0 bridgehead atoms. The van der Waals surface area contributed by atoms with Gasteiger partial charge in [0.1, 0.15) is 0 Å². The molecule has 0 aliphatic rings. The number of aliphatic hydroxyl groups is 1. The number of aliphatic carboxylic acids is 1. The zero-order chi connectivity index (χ0) is 13.7.